The zero-order valence-electron chi connectivity index (χ0n) is 14.4. The van der Waals surface area contributed by atoms with Crippen molar-refractivity contribution in [2.75, 3.05) is 13.1 Å². The molecule has 3 heterocycles. The van der Waals surface area contributed by atoms with Gasteiger partial charge >= 0.3 is 0 Å². The molecule has 1 aromatic heterocycles. The van der Waals surface area contributed by atoms with E-state index in [0.717, 1.165) is 30.6 Å². The summed E-state index contributed by atoms with van der Waals surface area (Å²) in [5, 5.41) is 12.6. The van der Waals surface area contributed by atoms with E-state index in [0.29, 0.717) is 18.5 Å². The van der Waals surface area contributed by atoms with Crippen LogP contribution in [0.3, 0.4) is 0 Å². The molecular formula is C17H19N5O4S. The Morgan fingerprint density at radius 2 is 2.07 bits per heavy atom. The fourth-order valence-electron chi connectivity index (χ4n) is 3.37. The molecule has 1 atom stereocenters. The molecule has 0 aliphatic carbocycles. The topological polar surface area (TPSA) is 133 Å². The highest BCUT2D eigenvalue weighted by Crippen LogP contribution is 2.22. The Morgan fingerprint density at radius 1 is 1.22 bits per heavy atom. The first-order valence-electron chi connectivity index (χ1n) is 8.71. The summed E-state index contributed by atoms with van der Waals surface area (Å²) in [5.41, 5.74) is 1.84. The van der Waals surface area contributed by atoms with Crippen molar-refractivity contribution in [3.63, 3.8) is 0 Å². The van der Waals surface area contributed by atoms with E-state index in [-0.39, 0.29) is 22.5 Å². The third-order valence-corrected chi connectivity index (χ3v) is 6.14. The monoisotopic (exact) mass is 389 g/mol. The molecule has 27 heavy (non-hydrogen) atoms. The van der Waals surface area contributed by atoms with Crippen molar-refractivity contribution >= 4 is 21.8 Å². The molecule has 4 N–H and O–H groups in total. The zero-order valence-corrected chi connectivity index (χ0v) is 15.2. The number of benzene rings is 1. The van der Waals surface area contributed by atoms with Gasteiger partial charge in [0.15, 0.2) is 5.69 Å². The number of sulfonamides is 1. The number of carbonyl (C=O) groups is 2. The largest absolute Gasteiger partial charge is 0.352 e. The Labute approximate surface area is 156 Å². The molecule has 0 saturated carbocycles. The second kappa shape index (κ2) is 6.78. The van der Waals surface area contributed by atoms with Gasteiger partial charge in [-0.15, -0.1) is 0 Å². The molecule has 9 nitrogen and oxygen atoms in total. The Bertz CT molecular complexity index is 1010. The Hall–Kier alpha value is -2.72. The molecule has 0 spiro atoms. The Balaban J connectivity index is 1.54. The van der Waals surface area contributed by atoms with Crippen molar-refractivity contribution in [3.05, 3.63) is 46.8 Å². The van der Waals surface area contributed by atoms with Crippen molar-refractivity contribution in [3.8, 4) is 0 Å². The minimum absolute atomic E-state index is 0.00187. The highest BCUT2D eigenvalue weighted by atomic mass is 32.2. The van der Waals surface area contributed by atoms with Crippen molar-refractivity contribution in [1.82, 2.24) is 25.6 Å². The molecular weight excluding hydrogens is 370 g/mol. The smallest absolute Gasteiger partial charge is 0.285 e. The molecule has 2 aromatic rings. The van der Waals surface area contributed by atoms with E-state index < -0.39 is 15.9 Å². The first kappa shape index (κ1) is 17.7. The van der Waals surface area contributed by atoms with Gasteiger partial charge in [0.05, 0.1) is 10.6 Å². The summed E-state index contributed by atoms with van der Waals surface area (Å²) in [7, 11) is -4.12. The number of carbonyl (C=O) groups excluding carboxylic acids is 2. The summed E-state index contributed by atoms with van der Waals surface area (Å²) in [4.78, 5) is 24.1. The van der Waals surface area contributed by atoms with Crippen LogP contribution in [0.25, 0.3) is 0 Å². The van der Waals surface area contributed by atoms with Gasteiger partial charge in [-0.2, -0.15) is 5.10 Å². The van der Waals surface area contributed by atoms with Gasteiger partial charge in [-0.3, -0.25) is 14.7 Å². The number of amides is 2. The number of aromatic nitrogens is 2. The minimum Gasteiger partial charge on any atom is -0.352 e. The molecule has 0 radical (unpaired) electrons. The number of aromatic amines is 1. The maximum atomic E-state index is 12.6. The summed E-state index contributed by atoms with van der Waals surface area (Å²) >= 11 is 0. The fourth-order valence-corrected chi connectivity index (χ4v) is 4.36. The van der Waals surface area contributed by atoms with Crippen LogP contribution in [0.15, 0.2) is 29.2 Å². The van der Waals surface area contributed by atoms with Crippen LogP contribution < -0.4 is 15.4 Å². The van der Waals surface area contributed by atoms with Crippen LogP contribution in [0.1, 0.15) is 51.0 Å². The van der Waals surface area contributed by atoms with Crippen LogP contribution >= 0.6 is 0 Å². The van der Waals surface area contributed by atoms with E-state index in [1.165, 1.54) is 12.1 Å². The number of fused-ring (bicyclic) bond motifs is 1. The summed E-state index contributed by atoms with van der Waals surface area (Å²) in [5.74, 6) is -1.14. The summed E-state index contributed by atoms with van der Waals surface area (Å²) < 4.78 is 27.1. The van der Waals surface area contributed by atoms with E-state index in [1.54, 1.807) is 12.1 Å². The van der Waals surface area contributed by atoms with Crippen LogP contribution in [-0.2, 0) is 16.4 Å². The van der Waals surface area contributed by atoms with Gasteiger partial charge < -0.3 is 10.6 Å². The van der Waals surface area contributed by atoms with Crippen molar-refractivity contribution in [2.24, 2.45) is 0 Å². The molecule has 10 heteroatoms. The third-order valence-electron chi connectivity index (χ3n) is 4.81. The van der Waals surface area contributed by atoms with E-state index in [9.17, 15) is 18.0 Å². The number of nitrogens with zero attached hydrogens (tertiary/aromatic N) is 1. The maximum Gasteiger partial charge on any atom is 0.285 e. The highest BCUT2D eigenvalue weighted by molar-refractivity contribution is 7.90. The highest BCUT2D eigenvalue weighted by Gasteiger charge is 2.25. The first-order chi connectivity index (χ1) is 12.9. The standard InChI is InChI=1S/C17H19N5O4S/c23-16-12-8-11(4-3-10(12)5-7-19-16)27(25,26)22-17(24)15-9-14(20-21-15)13-2-1-6-18-13/h3-4,8-9,13,18H,1-2,5-7H2,(H,19,23)(H,20,21)(H,22,24). The molecule has 1 fully saturated rings. The number of rotatable bonds is 4. The average Bonchev–Trinajstić information content (AvgIpc) is 3.33. The van der Waals surface area contributed by atoms with Crippen molar-refractivity contribution < 1.29 is 18.0 Å². The molecule has 1 saturated heterocycles. The van der Waals surface area contributed by atoms with Gasteiger partial charge in [0.25, 0.3) is 21.8 Å². The van der Waals surface area contributed by atoms with Crippen molar-refractivity contribution in [2.45, 2.75) is 30.2 Å². The lowest BCUT2D eigenvalue weighted by Crippen LogP contribution is -2.33. The van der Waals surface area contributed by atoms with E-state index in [1.807, 2.05) is 4.72 Å². The van der Waals surface area contributed by atoms with Gasteiger partial charge in [0.1, 0.15) is 0 Å². The second-order valence-corrected chi connectivity index (χ2v) is 8.30. The number of nitrogens with one attached hydrogen (secondary N) is 4. The third kappa shape index (κ3) is 3.45. The number of hydrogen-bond donors (Lipinski definition) is 4. The first-order valence-corrected chi connectivity index (χ1v) is 10.2. The molecule has 2 aliphatic rings. The van der Waals surface area contributed by atoms with Crippen LogP contribution in [0.5, 0.6) is 0 Å². The van der Waals surface area contributed by atoms with Crippen LogP contribution in [0.4, 0.5) is 0 Å². The second-order valence-electron chi connectivity index (χ2n) is 6.62. The van der Waals surface area contributed by atoms with Crippen molar-refractivity contribution in [1.29, 1.82) is 0 Å². The summed E-state index contributed by atoms with van der Waals surface area (Å²) in [6.45, 7) is 1.41. The lowest BCUT2D eigenvalue weighted by atomic mass is 10.0. The Kier molecular flexibility index (Phi) is 4.44. The Morgan fingerprint density at radius 3 is 2.85 bits per heavy atom. The minimum atomic E-state index is -4.12. The van der Waals surface area contributed by atoms with E-state index in [4.69, 9.17) is 0 Å². The molecule has 2 amide bonds. The van der Waals surface area contributed by atoms with Gasteiger partial charge in [0.2, 0.25) is 0 Å². The molecule has 1 unspecified atom stereocenters. The zero-order chi connectivity index (χ0) is 19.0. The van der Waals surface area contributed by atoms with Crippen LogP contribution in [0.2, 0.25) is 0 Å². The lowest BCUT2D eigenvalue weighted by Gasteiger charge is -2.17. The molecule has 0 bridgehead atoms. The lowest BCUT2D eigenvalue weighted by molar-refractivity contribution is 0.0944. The quantitative estimate of drug-likeness (QED) is 0.592. The van der Waals surface area contributed by atoms with Gasteiger partial charge in [-0.1, -0.05) is 6.07 Å². The van der Waals surface area contributed by atoms with E-state index in [2.05, 4.69) is 20.8 Å². The number of hydrogen-bond acceptors (Lipinski definition) is 6. The fraction of sp³-hybridized carbons (Fsp3) is 0.353. The molecule has 142 valence electrons. The summed E-state index contributed by atoms with van der Waals surface area (Å²) in [6.07, 6.45) is 2.60. The van der Waals surface area contributed by atoms with Gasteiger partial charge in [-0.05, 0) is 49.6 Å². The summed E-state index contributed by atoms with van der Waals surface area (Å²) in [6, 6.07) is 5.93. The SMILES string of the molecule is O=C(NS(=O)(=O)c1ccc2c(c1)C(=O)NCC2)c1cc(C2CCCN2)[nH]n1. The number of H-pyrrole nitrogens is 1. The van der Waals surface area contributed by atoms with Crippen LogP contribution in [-0.4, -0.2) is 43.5 Å². The van der Waals surface area contributed by atoms with Gasteiger partial charge in [-0.25, -0.2) is 13.1 Å². The van der Waals surface area contributed by atoms with Gasteiger partial charge in [0, 0.05) is 18.2 Å². The average molecular weight is 389 g/mol. The normalized spacial score (nSPS) is 19.4. The molecule has 4 rings (SSSR count). The molecule has 2 aliphatic heterocycles. The van der Waals surface area contributed by atoms with Crippen LogP contribution in [0, 0.1) is 0 Å². The predicted molar refractivity (Wildman–Crippen MR) is 95.7 cm³/mol. The van der Waals surface area contributed by atoms with E-state index >= 15 is 0 Å². The maximum absolute atomic E-state index is 12.6. The predicted octanol–water partition coefficient (Wildman–Crippen LogP) is 0.239. The molecule has 1 aromatic carbocycles.